The van der Waals surface area contributed by atoms with Crippen LogP contribution in [0.3, 0.4) is 0 Å². The third-order valence-electron chi connectivity index (χ3n) is 5.81. The van der Waals surface area contributed by atoms with Crippen LogP contribution in [0.4, 0.5) is 5.69 Å². The van der Waals surface area contributed by atoms with Gasteiger partial charge in [-0.1, -0.05) is 67.6 Å². The highest BCUT2D eigenvalue weighted by atomic mass is 16.5. The van der Waals surface area contributed by atoms with Crippen LogP contribution >= 0.6 is 0 Å². The minimum atomic E-state index is 0.386. The van der Waals surface area contributed by atoms with Crippen LogP contribution < -0.4 is 14.8 Å². The number of nitrogens with one attached hydrogen (secondary N) is 1. The van der Waals surface area contributed by atoms with Gasteiger partial charge in [-0.25, -0.2) is 0 Å². The number of hydrogen-bond acceptors (Lipinski definition) is 3. The molecule has 4 aromatic carbocycles. The lowest BCUT2D eigenvalue weighted by atomic mass is 9.97. The fraction of sp³-hybridized carbons (Fsp3) is 0.241. The van der Waals surface area contributed by atoms with Crippen LogP contribution in [-0.4, -0.2) is 20.3 Å². The maximum Gasteiger partial charge on any atom is 0.121 e. The van der Waals surface area contributed by atoms with Crippen molar-refractivity contribution >= 4 is 16.5 Å². The van der Waals surface area contributed by atoms with Crippen LogP contribution in [0.2, 0.25) is 0 Å². The Morgan fingerprint density at radius 3 is 2.44 bits per heavy atom. The highest BCUT2D eigenvalue weighted by Crippen LogP contribution is 2.26. The Morgan fingerprint density at radius 2 is 1.59 bits per heavy atom. The van der Waals surface area contributed by atoms with Crippen molar-refractivity contribution in [3.8, 4) is 11.5 Å². The number of anilines is 1. The summed E-state index contributed by atoms with van der Waals surface area (Å²) in [6.07, 6.45) is 2.04. The summed E-state index contributed by atoms with van der Waals surface area (Å²) in [7, 11) is 1.70. The summed E-state index contributed by atoms with van der Waals surface area (Å²) in [6.45, 7) is 3.83. The fourth-order valence-electron chi connectivity index (χ4n) is 3.87. The van der Waals surface area contributed by atoms with Gasteiger partial charge in [-0.3, -0.25) is 0 Å². The molecule has 0 aromatic heterocycles. The maximum atomic E-state index is 5.98. The Morgan fingerprint density at radius 1 is 0.781 bits per heavy atom. The standard InChI is InChI=1S/C29H31NO2/c1-22(24-13-14-26-19-28(31-2)16-15-25(26)18-24)21-30-27-11-6-12-29(20-27)32-17-7-10-23-8-4-3-5-9-23/h3-6,8-9,11-16,18-20,22,30H,7,10,17,21H2,1-2H3. The number of benzene rings is 4. The van der Waals surface area contributed by atoms with Gasteiger partial charge in [0.15, 0.2) is 0 Å². The van der Waals surface area contributed by atoms with E-state index in [1.165, 1.54) is 21.9 Å². The highest BCUT2D eigenvalue weighted by molar-refractivity contribution is 5.84. The van der Waals surface area contributed by atoms with Crippen molar-refractivity contribution in [1.82, 2.24) is 0 Å². The zero-order valence-electron chi connectivity index (χ0n) is 18.9. The molecular formula is C29H31NO2. The van der Waals surface area contributed by atoms with E-state index in [1.807, 2.05) is 18.2 Å². The first kappa shape index (κ1) is 21.8. The van der Waals surface area contributed by atoms with Gasteiger partial charge in [-0.2, -0.15) is 0 Å². The van der Waals surface area contributed by atoms with Gasteiger partial charge in [0.2, 0.25) is 0 Å². The van der Waals surface area contributed by atoms with Gasteiger partial charge >= 0.3 is 0 Å². The van der Waals surface area contributed by atoms with Crippen LogP contribution in [0, 0.1) is 0 Å². The Bertz CT molecular complexity index is 1140. The second-order valence-corrected chi connectivity index (χ2v) is 8.22. The third-order valence-corrected chi connectivity index (χ3v) is 5.81. The first-order valence-corrected chi connectivity index (χ1v) is 11.3. The van der Waals surface area contributed by atoms with Gasteiger partial charge in [0.05, 0.1) is 13.7 Å². The van der Waals surface area contributed by atoms with Crippen LogP contribution in [-0.2, 0) is 6.42 Å². The van der Waals surface area contributed by atoms with E-state index in [9.17, 15) is 0 Å². The van der Waals surface area contributed by atoms with Crippen molar-refractivity contribution in [3.63, 3.8) is 0 Å². The van der Waals surface area contributed by atoms with Crippen LogP contribution in [0.25, 0.3) is 10.8 Å². The molecule has 4 rings (SSSR count). The van der Waals surface area contributed by atoms with Gasteiger partial charge in [0, 0.05) is 18.3 Å². The van der Waals surface area contributed by atoms with Crippen LogP contribution in [0.5, 0.6) is 11.5 Å². The fourth-order valence-corrected chi connectivity index (χ4v) is 3.87. The largest absolute Gasteiger partial charge is 0.497 e. The lowest BCUT2D eigenvalue weighted by Crippen LogP contribution is -2.10. The molecule has 0 saturated heterocycles. The number of fused-ring (bicyclic) bond motifs is 1. The van der Waals surface area contributed by atoms with Crippen molar-refractivity contribution in [2.24, 2.45) is 0 Å². The SMILES string of the molecule is COc1ccc2cc(C(C)CNc3cccc(OCCCc4ccccc4)c3)ccc2c1. The highest BCUT2D eigenvalue weighted by Gasteiger charge is 2.08. The quantitative estimate of drug-likeness (QED) is 0.276. The number of rotatable bonds is 10. The molecule has 32 heavy (non-hydrogen) atoms. The molecule has 3 nitrogen and oxygen atoms in total. The topological polar surface area (TPSA) is 30.5 Å². The molecule has 0 heterocycles. The van der Waals surface area contributed by atoms with E-state index in [0.29, 0.717) is 5.92 Å². The van der Waals surface area contributed by atoms with E-state index < -0.39 is 0 Å². The van der Waals surface area contributed by atoms with Gasteiger partial charge in [-0.15, -0.1) is 0 Å². The zero-order chi connectivity index (χ0) is 22.2. The smallest absolute Gasteiger partial charge is 0.121 e. The molecule has 0 aliphatic carbocycles. The van der Waals surface area contributed by atoms with E-state index in [2.05, 4.69) is 85.0 Å². The van der Waals surface area contributed by atoms with Crippen molar-refractivity contribution < 1.29 is 9.47 Å². The molecule has 0 saturated carbocycles. The summed E-state index contributed by atoms with van der Waals surface area (Å²) in [4.78, 5) is 0. The number of hydrogen-bond donors (Lipinski definition) is 1. The summed E-state index contributed by atoms with van der Waals surface area (Å²) in [5, 5.41) is 6.00. The molecule has 0 spiro atoms. The molecular weight excluding hydrogens is 394 g/mol. The van der Waals surface area contributed by atoms with Gasteiger partial charge in [-0.05, 0) is 64.9 Å². The van der Waals surface area contributed by atoms with Crippen molar-refractivity contribution in [2.45, 2.75) is 25.7 Å². The first-order valence-electron chi connectivity index (χ1n) is 11.3. The minimum Gasteiger partial charge on any atom is -0.497 e. The minimum absolute atomic E-state index is 0.386. The van der Waals surface area contributed by atoms with E-state index in [0.717, 1.165) is 43.2 Å². The molecule has 1 N–H and O–H groups in total. The van der Waals surface area contributed by atoms with E-state index in [1.54, 1.807) is 7.11 Å². The average molecular weight is 426 g/mol. The molecule has 0 radical (unpaired) electrons. The van der Waals surface area contributed by atoms with Crippen molar-refractivity contribution in [1.29, 1.82) is 0 Å². The molecule has 0 aliphatic rings. The molecule has 0 fully saturated rings. The summed E-state index contributed by atoms with van der Waals surface area (Å²) in [5.74, 6) is 2.19. The Labute approximate surface area is 191 Å². The molecule has 164 valence electrons. The molecule has 1 atom stereocenters. The average Bonchev–Trinajstić information content (AvgIpc) is 2.85. The number of ether oxygens (including phenoxy) is 2. The van der Waals surface area contributed by atoms with Crippen molar-refractivity contribution in [2.75, 3.05) is 25.6 Å². The molecule has 0 aliphatic heterocycles. The molecule has 0 amide bonds. The van der Waals surface area contributed by atoms with Crippen molar-refractivity contribution in [3.05, 3.63) is 102 Å². The van der Waals surface area contributed by atoms with Gasteiger partial charge in [0.25, 0.3) is 0 Å². The summed E-state index contributed by atoms with van der Waals surface area (Å²) < 4.78 is 11.3. The lowest BCUT2D eigenvalue weighted by Gasteiger charge is -2.16. The predicted octanol–water partition coefficient (Wildman–Crippen LogP) is 7.08. The first-order chi connectivity index (χ1) is 15.7. The molecule has 4 aromatic rings. The maximum absolute atomic E-state index is 5.98. The lowest BCUT2D eigenvalue weighted by molar-refractivity contribution is 0.311. The van der Waals surface area contributed by atoms with E-state index in [-0.39, 0.29) is 0 Å². The van der Waals surface area contributed by atoms with Gasteiger partial charge < -0.3 is 14.8 Å². The Hall–Kier alpha value is -3.46. The zero-order valence-corrected chi connectivity index (χ0v) is 18.9. The summed E-state index contributed by atoms with van der Waals surface area (Å²) in [6, 6.07) is 31.7. The molecule has 3 heteroatoms. The third kappa shape index (κ3) is 5.82. The second-order valence-electron chi connectivity index (χ2n) is 8.22. The van der Waals surface area contributed by atoms with Crippen LogP contribution in [0.1, 0.15) is 30.4 Å². The van der Waals surface area contributed by atoms with E-state index in [4.69, 9.17) is 9.47 Å². The second kappa shape index (κ2) is 10.7. The molecule has 0 bridgehead atoms. The monoisotopic (exact) mass is 425 g/mol. The Balaban J connectivity index is 1.29. The number of aryl methyl sites for hydroxylation is 1. The van der Waals surface area contributed by atoms with Crippen LogP contribution in [0.15, 0.2) is 91.0 Å². The molecule has 1 unspecified atom stereocenters. The number of methoxy groups -OCH3 is 1. The van der Waals surface area contributed by atoms with Gasteiger partial charge in [0.1, 0.15) is 11.5 Å². The summed E-state index contributed by atoms with van der Waals surface area (Å²) in [5.41, 5.74) is 3.76. The summed E-state index contributed by atoms with van der Waals surface area (Å²) >= 11 is 0. The Kier molecular flexibility index (Phi) is 7.29. The predicted molar refractivity (Wildman–Crippen MR) is 134 cm³/mol. The normalized spacial score (nSPS) is 11.8. The van der Waals surface area contributed by atoms with E-state index >= 15 is 0 Å².